The molecule has 0 heterocycles. The summed E-state index contributed by atoms with van der Waals surface area (Å²) < 4.78 is 10.6. The molecular formula is C20H21ClN2O4. The SMILES string of the molecule is COc1ccc(OCCNC(=O)C2CC2C(=O)Nc2ccc(Cl)cc2)cc1. The molecule has 2 amide bonds. The minimum Gasteiger partial charge on any atom is -0.497 e. The average molecular weight is 389 g/mol. The van der Waals surface area contributed by atoms with Gasteiger partial charge in [-0.3, -0.25) is 9.59 Å². The highest BCUT2D eigenvalue weighted by molar-refractivity contribution is 6.30. The molecule has 3 rings (SSSR count). The monoisotopic (exact) mass is 388 g/mol. The maximum Gasteiger partial charge on any atom is 0.228 e. The summed E-state index contributed by atoms with van der Waals surface area (Å²) in [4.78, 5) is 24.3. The molecule has 27 heavy (non-hydrogen) atoms. The van der Waals surface area contributed by atoms with Crippen LogP contribution in [0.15, 0.2) is 48.5 Å². The van der Waals surface area contributed by atoms with Crippen LogP contribution in [-0.2, 0) is 9.59 Å². The van der Waals surface area contributed by atoms with Gasteiger partial charge in [0, 0.05) is 10.7 Å². The minimum atomic E-state index is -0.289. The third-order valence-electron chi connectivity index (χ3n) is 4.31. The topological polar surface area (TPSA) is 76.7 Å². The van der Waals surface area contributed by atoms with Crippen molar-refractivity contribution < 1.29 is 19.1 Å². The van der Waals surface area contributed by atoms with E-state index in [4.69, 9.17) is 21.1 Å². The van der Waals surface area contributed by atoms with Gasteiger partial charge in [0.15, 0.2) is 0 Å². The lowest BCUT2D eigenvalue weighted by Gasteiger charge is -2.08. The van der Waals surface area contributed by atoms with Gasteiger partial charge in [-0.2, -0.15) is 0 Å². The number of ether oxygens (including phenoxy) is 2. The number of carbonyl (C=O) groups is 2. The lowest BCUT2D eigenvalue weighted by Crippen LogP contribution is -2.31. The largest absolute Gasteiger partial charge is 0.497 e. The van der Waals surface area contributed by atoms with E-state index in [2.05, 4.69) is 10.6 Å². The summed E-state index contributed by atoms with van der Waals surface area (Å²) in [7, 11) is 1.60. The Morgan fingerprint density at radius 1 is 1.00 bits per heavy atom. The lowest BCUT2D eigenvalue weighted by atomic mass is 10.2. The molecule has 0 spiro atoms. The minimum absolute atomic E-state index is 0.121. The molecule has 1 aliphatic carbocycles. The third-order valence-corrected chi connectivity index (χ3v) is 4.56. The van der Waals surface area contributed by atoms with Crippen molar-refractivity contribution in [3.63, 3.8) is 0 Å². The number of hydrogen-bond donors (Lipinski definition) is 2. The zero-order valence-corrected chi connectivity index (χ0v) is 15.7. The van der Waals surface area contributed by atoms with E-state index in [1.54, 1.807) is 43.5 Å². The summed E-state index contributed by atoms with van der Waals surface area (Å²) in [6.07, 6.45) is 0.560. The second-order valence-electron chi connectivity index (χ2n) is 6.26. The molecule has 2 aromatic rings. The van der Waals surface area contributed by atoms with Crippen LogP contribution in [-0.4, -0.2) is 32.1 Å². The van der Waals surface area contributed by atoms with E-state index in [-0.39, 0.29) is 23.7 Å². The first-order valence-corrected chi connectivity index (χ1v) is 9.05. The van der Waals surface area contributed by atoms with Crippen LogP contribution in [0, 0.1) is 11.8 Å². The molecule has 142 valence electrons. The zero-order valence-electron chi connectivity index (χ0n) is 14.9. The highest BCUT2D eigenvalue weighted by Gasteiger charge is 2.47. The molecular weight excluding hydrogens is 368 g/mol. The number of methoxy groups -OCH3 is 1. The van der Waals surface area contributed by atoms with Gasteiger partial charge in [0.05, 0.1) is 25.5 Å². The number of halogens is 1. The highest BCUT2D eigenvalue weighted by Crippen LogP contribution is 2.39. The summed E-state index contributed by atoms with van der Waals surface area (Å²) in [5.74, 6) is 0.627. The Bertz CT molecular complexity index is 793. The summed E-state index contributed by atoms with van der Waals surface area (Å²) in [5.41, 5.74) is 0.670. The second-order valence-corrected chi connectivity index (χ2v) is 6.70. The van der Waals surface area contributed by atoms with E-state index in [1.807, 2.05) is 12.1 Å². The number of benzene rings is 2. The van der Waals surface area contributed by atoms with E-state index >= 15 is 0 Å². The smallest absolute Gasteiger partial charge is 0.228 e. The quantitative estimate of drug-likeness (QED) is 0.681. The predicted molar refractivity (Wildman–Crippen MR) is 103 cm³/mol. The fourth-order valence-electron chi connectivity index (χ4n) is 2.69. The van der Waals surface area contributed by atoms with Crippen LogP contribution in [0.3, 0.4) is 0 Å². The molecule has 1 aliphatic rings. The Morgan fingerprint density at radius 2 is 1.63 bits per heavy atom. The van der Waals surface area contributed by atoms with Crippen LogP contribution in [0.2, 0.25) is 5.02 Å². The number of hydrogen-bond acceptors (Lipinski definition) is 4. The summed E-state index contributed by atoms with van der Waals surface area (Å²) in [6.45, 7) is 0.735. The van der Waals surface area contributed by atoms with Crippen LogP contribution >= 0.6 is 11.6 Å². The highest BCUT2D eigenvalue weighted by atomic mass is 35.5. The summed E-state index contributed by atoms with van der Waals surface area (Å²) >= 11 is 5.82. The van der Waals surface area contributed by atoms with Crippen LogP contribution in [0.5, 0.6) is 11.5 Å². The van der Waals surface area contributed by atoms with E-state index in [1.165, 1.54) is 0 Å². The molecule has 0 saturated heterocycles. The molecule has 0 aromatic heterocycles. The van der Waals surface area contributed by atoms with Gasteiger partial charge in [-0.05, 0) is 55.0 Å². The molecule has 6 nitrogen and oxygen atoms in total. The number of carbonyl (C=O) groups excluding carboxylic acids is 2. The first-order valence-electron chi connectivity index (χ1n) is 8.68. The fraction of sp³-hybridized carbons (Fsp3) is 0.300. The second kappa shape index (κ2) is 8.77. The maximum absolute atomic E-state index is 12.2. The Labute approximate surface area is 162 Å². The fourth-order valence-corrected chi connectivity index (χ4v) is 2.81. The standard InChI is InChI=1S/C20H21ClN2O4/c1-26-15-6-8-16(9-7-15)27-11-10-22-19(24)17-12-18(17)20(25)23-14-4-2-13(21)3-5-14/h2-9,17-18H,10-12H2,1H3,(H,22,24)(H,23,25). The van der Waals surface area contributed by atoms with Crippen molar-refractivity contribution in [1.29, 1.82) is 0 Å². The van der Waals surface area contributed by atoms with Crippen LogP contribution < -0.4 is 20.1 Å². The van der Waals surface area contributed by atoms with Crippen LogP contribution in [0.25, 0.3) is 0 Å². The number of amides is 2. The Hall–Kier alpha value is -2.73. The molecule has 1 fully saturated rings. The van der Waals surface area contributed by atoms with Crippen LogP contribution in [0.4, 0.5) is 5.69 Å². The van der Waals surface area contributed by atoms with Gasteiger partial charge in [-0.15, -0.1) is 0 Å². The van der Waals surface area contributed by atoms with Crippen molar-refractivity contribution >= 4 is 29.1 Å². The maximum atomic E-state index is 12.2. The molecule has 7 heteroatoms. The number of rotatable bonds is 8. The van der Waals surface area contributed by atoms with Gasteiger partial charge < -0.3 is 20.1 Å². The van der Waals surface area contributed by atoms with Crippen molar-refractivity contribution in [1.82, 2.24) is 5.32 Å². The molecule has 2 atom stereocenters. The number of nitrogens with one attached hydrogen (secondary N) is 2. The molecule has 1 saturated carbocycles. The van der Waals surface area contributed by atoms with Gasteiger partial charge in [0.2, 0.25) is 11.8 Å². The molecule has 0 radical (unpaired) electrons. The average Bonchev–Trinajstić information content (AvgIpc) is 3.48. The summed E-state index contributed by atoms with van der Waals surface area (Å²) in [5, 5.41) is 6.21. The molecule has 2 unspecified atom stereocenters. The van der Waals surface area contributed by atoms with E-state index in [9.17, 15) is 9.59 Å². The molecule has 0 bridgehead atoms. The van der Waals surface area contributed by atoms with Gasteiger partial charge in [0.25, 0.3) is 0 Å². The number of anilines is 1. The normalized spacial score (nSPS) is 17.7. The Balaban J connectivity index is 1.35. The first kappa shape index (κ1) is 19.0. The van der Waals surface area contributed by atoms with Gasteiger partial charge in [-0.1, -0.05) is 11.6 Å². The van der Waals surface area contributed by atoms with Gasteiger partial charge in [-0.25, -0.2) is 0 Å². The van der Waals surface area contributed by atoms with Gasteiger partial charge >= 0.3 is 0 Å². The Morgan fingerprint density at radius 3 is 2.30 bits per heavy atom. The Kier molecular flexibility index (Phi) is 6.19. The van der Waals surface area contributed by atoms with E-state index in [0.717, 1.165) is 5.75 Å². The van der Waals surface area contributed by atoms with E-state index < -0.39 is 0 Å². The van der Waals surface area contributed by atoms with Crippen molar-refractivity contribution in [2.75, 3.05) is 25.6 Å². The van der Waals surface area contributed by atoms with Crippen LogP contribution in [0.1, 0.15) is 6.42 Å². The lowest BCUT2D eigenvalue weighted by molar-refractivity contribution is -0.125. The van der Waals surface area contributed by atoms with E-state index in [0.29, 0.717) is 36.0 Å². The first-order chi connectivity index (χ1) is 13.1. The molecule has 2 N–H and O–H groups in total. The van der Waals surface area contributed by atoms with Crippen molar-refractivity contribution in [3.05, 3.63) is 53.6 Å². The third kappa shape index (κ3) is 5.37. The zero-order chi connectivity index (χ0) is 19.2. The van der Waals surface area contributed by atoms with Crippen molar-refractivity contribution in [2.45, 2.75) is 6.42 Å². The predicted octanol–water partition coefficient (Wildman–Crippen LogP) is 3.12. The molecule has 2 aromatic carbocycles. The van der Waals surface area contributed by atoms with Crippen molar-refractivity contribution in [2.24, 2.45) is 11.8 Å². The molecule has 0 aliphatic heterocycles. The summed E-state index contributed by atoms with van der Waals surface area (Å²) in [6, 6.07) is 14.1. The van der Waals surface area contributed by atoms with Crippen molar-refractivity contribution in [3.8, 4) is 11.5 Å². The van der Waals surface area contributed by atoms with Gasteiger partial charge in [0.1, 0.15) is 18.1 Å².